The summed E-state index contributed by atoms with van der Waals surface area (Å²) in [5, 5.41) is 35.1. The highest BCUT2D eigenvalue weighted by Gasteiger charge is 2.42. The smallest absolute Gasteiger partial charge is 0.293 e. The number of hydrogen-bond acceptors (Lipinski definition) is 21. The number of H-pyrrole nitrogens is 1. The number of carbonyl (C=O) groups is 16. The number of ketones is 4. The maximum atomic E-state index is 15.5. The molecule has 1 aromatic heterocycles. The molecule has 0 aliphatic carbocycles. The minimum Gasteiger partial charge on any atom is -0.508 e. The second-order valence-electron chi connectivity index (χ2n) is 32.7. The van der Waals surface area contributed by atoms with Crippen LogP contribution in [0.15, 0.2) is 170 Å². The molecule has 678 valence electrons. The highest BCUT2D eigenvalue weighted by molar-refractivity contribution is 8.00. The number of amides is 11. The number of Topliss-reactive ketones (excluding diaryl/α,β-unsaturated/α-hetero) is 4. The van der Waals surface area contributed by atoms with Gasteiger partial charge in [0.2, 0.25) is 65.0 Å². The summed E-state index contributed by atoms with van der Waals surface area (Å²) in [5.41, 5.74) is 15.6. The molecule has 12 N–H and O–H groups in total. The first-order valence-electron chi connectivity index (χ1n) is 42.4. The second kappa shape index (κ2) is 49.1. The first-order chi connectivity index (χ1) is 60.7. The zero-order chi connectivity index (χ0) is 92.6. The molecule has 0 spiro atoms. The van der Waals surface area contributed by atoms with Gasteiger partial charge in [0.15, 0.2) is 17.3 Å². The predicted octanol–water partition coefficient (Wildman–Crippen LogP) is 4.44. The van der Waals surface area contributed by atoms with E-state index in [0.29, 0.717) is 57.1 Å². The number of para-hydroxylation sites is 1. The van der Waals surface area contributed by atoms with Gasteiger partial charge in [-0.2, -0.15) is 0 Å². The Bertz CT molecular complexity index is 4960. The number of phenolic OH excluding ortho intramolecular Hbond substituents is 2. The lowest BCUT2D eigenvalue weighted by molar-refractivity contribution is -0.151. The zero-order valence-electron chi connectivity index (χ0n) is 72.9. The molecular weight excluding hydrogens is 1650 g/mol. The summed E-state index contributed by atoms with van der Waals surface area (Å²) >= 11 is 0.854. The van der Waals surface area contributed by atoms with Crippen molar-refractivity contribution in [1.82, 2.24) is 56.1 Å². The Hall–Kier alpha value is -12.9. The average molecular weight is 1770 g/mol. The number of aromatic nitrogens is 1. The minimum absolute atomic E-state index is 0.0836. The van der Waals surface area contributed by atoms with E-state index in [1.54, 1.807) is 135 Å². The Balaban J connectivity index is 1.20. The van der Waals surface area contributed by atoms with Crippen LogP contribution in [0.5, 0.6) is 11.5 Å². The van der Waals surface area contributed by atoms with Gasteiger partial charge in [0, 0.05) is 141 Å². The van der Waals surface area contributed by atoms with E-state index in [-0.39, 0.29) is 68.7 Å². The second-order valence-corrected chi connectivity index (χ2v) is 33.7. The third-order valence-corrected chi connectivity index (χ3v) is 23.8. The number of primary amides is 1. The van der Waals surface area contributed by atoms with Gasteiger partial charge in [0.25, 0.3) is 6.47 Å². The molecule has 127 heavy (non-hydrogen) atoms. The van der Waals surface area contributed by atoms with Crippen LogP contribution in [0.25, 0.3) is 10.9 Å². The van der Waals surface area contributed by atoms with E-state index in [1.165, 1.54) is 93.6 Å². The number of rotatable bonds is 24. The summed E-state index contributed by atoms with van der Waals surface area (Å²) in [6, 6.07) is 33.2. The van der Waals surface area contributed by atoms with Gasteiger partial charge in [0.1, 0.15) is 60.1 Å². The van der Waals surface area contributed by atoms with Crippen molar-refractivity contribution >= 4 is 117 Å². The molecule has 1 aliphatic rings. The molecular formula is C94H117N13O19S. The van der Waals surface area contributed by atoms with Crippen LogP contribution < -0.4 is 38.1 Å². The van der Waals surface area contributed by atoms with Crippen molar-refractivity contribution in [2.45, 2.75) is 159 Å². The number of likely N-dealkylation sites (N-methyl/N-ethyl adjacent to an activating group) is 5. The molecule has 6 aromatic carbocycles. The van der Waals surface area contributed by atoms with Gasteiger partial charge in [-0.25, -0.2) is 0 Å². The van der Waals surface area contributed by atoms with Crippen molar-refractivity contribution < 1.29 is 91.7 Å². The molecule has 1 saturated heterocycles. The Kier molecular flexibility index (Phi) is 38.5. The number of aromatic hydroxyl groups is 2. The van der Waals surface area contributed by atoms with Crippen molar-refractivity contribution in [3.05, 3.63) is 203 Å². The lowest BCUT2D eigenvalue weighted by atomic mass is 9.84. The molecule has 0 unspecified atom stereocenters. The molecule has 0 saturated carbocycles. The number of nitrogens with zero attached hydrogens (tertiary/aromatic N) is 5. The summed E-state index contributed by atoms with van der Waals surface area (Å²) in [7, 11) is 6.80. The molecule has 11 amide bonds. The molecule has 11 atom stereocenters. The van der Waals surface area contributed by atoms with E-state index in [1.807, 2.05) is 6.92 Å². The fourth-order valence-corrected chi connectivity index (χ4v) is 16.2. The summed E-state index contributed by atoms with van der Waals surface area (Å²) in [6.45, 7) is 2.76. The molecule has 1 fully saturated rings. The first kappa shape index (κ1) is 99.5. The first-order valence-corrected chi connectivity index (χ1v) is 43.6. The van der Waals surface area contributed by atoms with E-state index >= 15 is 38.4 Å². The number of thioether (sulfide) groups is 1. The molecule has 32 nitrogen and oxygen atoms in total. The van der Waals surface area contributed by atoms with Crippen molar-refractivity contribution in [1.29, 1.82) is 0 Å². The molecule has 0 bridgehead atoms. The number of phenols is 2. The summed E-state index contributed by atoms with van der Waals surface area (Å²) in [6.07, 6.45) is -0.997. The van der Waals surface area contributed by atoms with E-state index < -0.39 is 224 Å². The van der Waals surface area contributed by atoms with Crippen molar-refractivity contribution in [2.75, 3.05) is 73.0 Å². The van der Waals surface area contributed by atoms with E-state index in [4.69, 9.17) is 16.2 Å². The molecule has 2 heterocycles. The lowest BCUT2D eigenvalue weighted by Gasteiger charge is -2.37. The largest absolute Gasteiger partial charge is 0.508 e. The van der Waals surface area contributed by atoms with Gasteiger partial charge in [-0.1, -0.05) is 167 Å². The van der Waals surface area contributed by atoms with Crippen LogP contribution >= 0.6 is 11.8 Å². The number of benzene rings is 6. The SMILES string of the molecule is CCCC[C@H]1C(=O)N(C)CC(=O)C[C@@H](COC=O)C(=O)C[C@@H](C(C)C)C(=O)N(C)[C@@H](Cc2ccccc2)C(=O)N[C@@H](Cc2ccc(O)cc2)C(=O)N(C)CC(=O)N[C@@H](Cc2c[nH]c3ccccc23)C(=O)C[C@@H](Cc2ccc(O)cc2)C(=O)N[C@@H](CN)C(=O)N[C@H](C(=O)CCC(N)=O)CSCC(=O)N[C@@H](Cc2ccccc2)C(=O)N(C)[C@@H](Cc2ccccc2)C(=O)N1C. The van der Waals surface area contributed by atoms with Crippen LogP contribution in [0.3, 0.4) is 0 Å². The van der Waals surface area contributed by atoms with Gasteiger partial charge in [-0.05, 0) is 82.5 Å². The lowest BCUT2D eigenvalue weighted by Crippen LogP contribution is -2.58. The van der Waals surface area contributed by atoms with Crippen molar-refractivity contribution in [3.63, 3.8) is 0 Å². The summed E-state index contributed by atoms with van der Waals surface area (Å²) < 4.78 is 5.15. The molecule has 0 radical (unpaired) electrons. The van der Waals surface area contributed by atoms with Crippen molar-refractivity contribution in [3.8, 4) is 11.5 Å². The molecule has 1 aliphatic heterocycles. The number of fused-ring (bicyclic) bond motifs is 1. The quantitative estimate of drug-likeness (QED) is 0.0374. The van der Waals surface area contributed by atoms with Crippen LogP contribution in [0, 0.1) is 23.7 Å². The Morgan fingerprint density at radius 3 is 1.60 bits per heavy atom. The normalized spacial score (nSPS) is 22.2. The number of ether oxygens (including phenoxy) is 1. The maximum Gasteiger partial charge on any atom is 0.293 e. The van der Waals surface area contributed by atoms with Crippen LogP contribution in [-0.4, -0.2) is 256 Å². The Morgan fingerprint density at radius 2 is 1.02 bits per heavy atom. The monoisotopic (exact) mass is 1760 g/mol. The number of carbonyl (C=O) groups excluding carboxylic acids is 16. The molecule has 8 rings (SSSR count). The van der Waals surface area contributed by atoms with Crippen LogP contribution in [-0.2, 0) is 120 Å². The minimum atomic E-state index is -1.63. The maximum absolute atomic E-state index is 15.5. The standard InChI is InChI=1S/C94H117N13O19S/c1-9-10-30-78-93(124)103(4)52-69(111)46-66(54-126-57-108)82(113)49-71(58(2)3)90(121)106(7)79(44-60-24-16-12-17-25-60)89(120)100-74(43-63-33-37-68(110)38-34-63)91(122)104(5)53-85(116)98-73(47-65-51-97-72-29-21-20-28-70(65)72)83(114)48-64(41-62-31-35-67(109)36-32-62)87(118)101-76(50-95)88(119)102-77(81(112)39-40-84(96)115)55-127-56-86(117)99-75(42-59-22-14-11-15-23-59)92(123)107(8)80(94(125)105(78)6)45-61-26-18-13-19-27-61/h11-29,31-38,51,57-58,64,66,71,73-80,97,109-110H,9-10,30,39-50,52-56,95H2,1-8H3,(H2,96,115)(H,98,116)(H,99,117)(H,100,120)(H,101,118)(H,102,119)/t64-,66+,71+,73+,74+,75+,76+,77+,78+,79+,80+/m1/s1. The average Bonchev–Trinajstić information content (AvgIpc) is 0.875. The fraction of sp³-hybridized carbons (Fsp3) is 0.426. The predicted molar refractivity (Wildman–Crippen MR) is 476 cm³/mol. The van der Waals surface area contributed by atoms with Gasteiger partial charge in [0.05, 0.1) is 36.8 Å². The summed E-state index contributed by atoms with van der Waals surface area (Å²) in [5.74, 6) is -17.3. The highest BCUT2D eigenvalue weighted by Crippen LogP contribution is 2.28. The van der Waals surface area contributed by atoms with Crippen LogP contribution in [0.1, 0.15) is 106 Å². The fourth-order valence-electron chi connectivity index (χ4n) is 15.3. The van der Waals surface area contributed by atoms with Gasteiger partial charge in [-0.3, -0.25) is 76.7 Å². The third-order valence-electron chi connectivity index (χ3n) is 22.8. The zero-order valence-corrected chi connectivity index (χ0v) is 73.8. The van der Waals surface area contributed by atoms with Gasteiger partial charge in [-0.15, -0.1) is 11.8 Å². The van der Waals surface area contributed by atoms with Crippen molar-refractivity contribution in [2.24, 2.45) is 35.1 Å². The Morgan fingerprint density at radius 1 is 0.504 bits per heavy atom. The van der Waals surface area contributed by atoms with E-state index in [2.05, 4.69) is 31.6 Å². The van der Waals surface area contributed by atoms with E-state index in [0.717, 1.165) is 26.5 Å². The topological polar surface area (TPSA) is 467 Å². The number of aromatic amines is 1. The number of nitrogens with two attached hydrogens (primary N) is 2. The highest BCUT2D eigenvalue weighted by atomic mass is 32.2. The molecule has 33 heteroatoms. The number of unbranched alkanes of at least 4 members (excludes halogenated alkanes) is 1. The Labute approximate surface area is 743 Å². The molecule has 7 aromatic rings. The number of hydrogen-bond donors (Lipinski definition) is 10. The third kappa shape index (κ3) is 29.9. The summed E-state index contributed by atoms with van der Waals surface area (Å²) in [4.78, 5) is 243. The van der Waals surface area contributed by atoms with Crippen LogP contribution in [0.4, 0.5) is 0 Å². The van der Waals surface area contributed by atoms with E-state index in [9.17, 15) is 48.6 Å². The van der Waals surface area contributed by atoms with Gasteiger partial charge < -0.3 is 82.5 Å². The van der Waals surface area contributed by atoms with Crippen LogP contribution in [0.2, 0.25) is 0 Å². The van der Waals surface area contributed by atoms with Gasteiger partial charge >= 0.3 is 0 Å². The number of nitrogens with one attached hydrogen (secondary N) is 6.